The molecule has 0 saturated carbocycles. The molecule has 0 aromatic heterocycles. The molecule has 0 saturated heterocycles. The fourth-order valence-corrected chi connectivity index (χ4v) is 4.79. The minimum absolute atomic E-state index is 0.0495. The first-order valence-electron chi connectivity index (χ1n) is 14.7. The molecule has 3 rings (SSSR count). The Morgan fingerprint density at radius 3 is 2.56 bits per heavy atom. The number of likely N-dealkylation sites (N-methyl/N-ethyl adjacent to an activating group) is 1. The predicted molar refractivity (Wildman–Crippen MR) is 162 cm³/mol. The fraction of sp³-hybridized carbons (Fsp3) is 0.500. The first-order chi connectivity index (χ1) is 20.7. The maximum atomic E-state index is 13.3. The third-order valence-electron chi connectivity index (χ3n) is 7.66. The molecule has 43 heavy (non-hydrogen) atoms. The van der Waals surface area contributed by atoms with Crippen LogP contribution in [-0.2, 0) is 20.8 Å². The Morgan fingerprint density at radius 1 is 1.09 bits per heavy atom. The monoisotopic (exact) mass is 596 g/mol. The average Bonchev–Trinajstić information content (AvgIpc) is 3.02. The van der Waals surface area contributed by atoms with E-state index in [-0.39, 0.29) is 49.3 Å². The molecule has 4 amide bonds. The molecule has 2 aromatic rings. The molecule has 11 nitrogen and oxygen atoms in total. The van der Waals surface area contributed by atoms with Gasteiger partial charge in [-0.1, -0.05) is 38.5 Å². The van der Waals surface area contributed by atoms with Gasteiger partial charge in [0.1, 0.15) is 24.4 Å². The highest BCUT2D eigenvalue weighted by Gasteiger charge is 2.30. The number of carbonyl (C=O) groups excluding carboxylic acids is 4. The van der Waals surface area contributed by atoms with Crippen molar-refractivity contribution in [1.29, 1.82) is 0 Å². The highest BCUT2D eigenvalue weighted by atomic mass is 16.5. The van der Waals surface area contributed by atoms with Gasteiger partial charge < -0.3 is 35.1 Å². The van der Waals surface area contributed by atoms with Crippen molar-refractivity contribution in [3.8, 4) is 17.2 Å². The summed E-state index contributed by atoms with van der Waals surface area (Å²) in [6.45, 7) is 4.66. The second-order valence-electron chi connectivity index (χ2n) is 10.7. The van der Waals surface area contributed by atoms with Gasteiger partial charge in [0, 0.05) is 20.0 Å². The lowest BCUT2D eigenvalue weighted by Gasteiger charge is -2.28. The van der Waals surface area contributed by atoms with E-state index in [4.69, 9.17) is 14.2 Å². The maximum Gasteiger partial charge on any atom is 0.255 e. The van der Waals surface area contributed by atoms with Gasteiger partial charge in [0.05, 0.1) is 26.3 Å². The maximum absolute atomic E-state index is 13.3. The van der Waals surface area contributed by atoms with Crippen molar-refractivity contribution >= 4 is 23.6 Å². The van der Waals surface area contributed by atoms with Crippen LogP contribution in [-0.4, -0.2) is 81.6 Å². The van der Waals surface area contributed by atoms with E-state index in [9.17, 15) is 19.2 Å². The van der Waals surface area contributed by atoms with Crippen LogP contribution in [0.3, 0.4) is 0 Å². The SMILES string of the molecule is CC[C@H](C)[C@@H]1NC(=O)CC[C@@H](C(=O)NCCCc2ccc(OC)c(OC)c2)NC(=O)c2ccccc2OCCN(C)C1=O. The average molecular weight is 597 g/mol. The summed E-state index contributed by atoms with van der Waals surface area (Å²) in [6.07, 6.45) is 2.03. The normalized spacial score (nSPS) is 19.0. The van der Waals surface area contributed by atoms with Crippen molar-refractivity contribution in [2.24, 2.45) is 5.92 Å². The molecule has 0 fully saturated rings. The van der Waals surface area contributed by atoms with Crippen LogP contribution in [0.25, 0.3) is 0 Å². The van der Waals surface area contributed by atoms with Crippen LogP contribution in [0, 0.1) is 5.92 Å². The van der Waals surface area contributed by atoms with Crippen molar-refractivity contribution < 1.29 is 33.4 Å². The number of amides is 4. The van der Waals surface area contributed by atoms with Gasteiger partial charge in [0.15, 0.2) is 11.5 Å². The van der Waals surface area contributed by atoms with E-state index in [0.29, 0.717) is 43.1 Å². The summed E-state index contributed by atoms with van der Waals surface area (Å²) in [5.74, 6) is 0.0599. The third-order valence-corrected chi connectivity index (χ3v) is 7.66. The summed E-state index contributed by atoms with van der Waals surface area (Å²) < 4.78 is 16.5. The molecule has 1 aliphatic rings. The number of hydrogen-bond acceptors (Lipinski definition) is 7. The highest BCUT2D eigenvalue weighted by Crippen LogP contribution is 2.28. The molecule has 0 bridgehead atoms. The molecule has 0 radical (unpaired) electrons. The number of methoxy groups -OCH3 is 2. The molecule has 0 spiro atoms. The molecule has 1 aliphatic heterocycles. The van der Waals surface area contributed by atoms with Crippen molar-refractivity contribution in [1.82, 2.24) is 20.9 Å². The fourth-order valence-electron chi connectivity index (χ4n) is 4.79. The van der Waals surface area contributed by atoms with Gasteiger partial charge >= 0.3 is 0 Å². The number of rotatable bonds is 9. The minimum atomic E-state index is -0.974. The van der Waals surface area contributed by atoms with E-state index in [1.165, 1.54) is 4.90 Å². The van der Waals surface area contributed by atoms with Crippen LogP contribution in [0.4, 0.5) is 0 Å². The van der Waals surface area contributed by atoms with Crippen LogP contribution < -0.4 is 30.2 Å². The van der Waals surface area contributed by atoms with Crippen molar-refractivity contribution in [3.63, 3.8) is 0 Å². The van der Waals surface area contributed by atoms with E-state index in [0.717, 1.165) is 5.56 Å². The summed E-state index contributed by atoms with van der Waals surface area (Å²) in [4.78, 5) is 54.3. The van der Waals surface area contributed by atoms with Gasteiger partial charge in [-0.15, -0.1) is 0 Å². The smallest absolute Gasteiger partial charge is 0.255 e. The lowest BCUT2D eigenvalue weighted by atomic mass is 9.97. The molecular weight excluding hydrogens is 552 g/mol. The van der Waals surface area contributed by atoms with E-state index in [1.807, 2.05) is 32.0 Å². The number of nitrogens with one attached hydrogen (secondary N) is 3. The number of fused-ring (bicyclic) bond motifs is 1. The number of carbonyl (C=O) groups is 4. The Labute approximate surface area is 253 Å². The number of ether oxygens (including phenoxy) is 3. The van der Waals surface area contributed by atoms with Crippen LogP contribution in [0.2, 0.25) is 0 Å². The van der Waals surface area contributed by atoms with Gasteiger partial charge in [0.25, 0.3) is 5.91 Å². The van der Waals surface area contributed by atoms with E-state index in [2.05, 4.69) is 16.0 Å². The van der Waals surface area contributed by atoms with E-state index >= 15 is 0 Å². The second kappa shape index (κ2) is 16.4. The molecule has 1 heterocycles. The molecule has 2 aromatic carbocycles. The largest absolute Gasteiger partial charge is 0.493 e. The standard InChI is InChI=1S/C32H44N4O7/c1-6-21(2)29-32(40)36(3)18-19-43-25-12-8-7-11-23(25)30(38)34-24(14-16-28(37)35-29)31(39)33-17-9-10-22-13-15-26(41-4)27(20-22)42-5/h7-8,11-13,15,20-21,24,29H,6,9-10,14,16-19H2,1-5H3,(H,33,39)(H,34,38)(H,35,37)/t21-,24-,29-/m0/s1. The number of benzene rings is 2. The Kier molecular flexibility index (Phi) is 12.7. The molecule has 3 N–H and O–H groups in total. The molecule has 0 aliphatic carbocycles. The summed E-state index contributed by atoms with van der Waals surface area (Å²) in [5.41, 5.74) is 1.29. The summed E-state index contributed by atoms with van der Waals surface area (Å²) in [5, 5.41) is 8.55. The summed E-state index contributed by atoms with van der Waals surface area (Å²) in [6, 6.07) is 10.7. The lowest BCUT2D eigenvalue weighted by molar-refractivity contribution is -0.137. The number of nitrogens with zero attached hydrogens (tertiary/aromatic N) is 1. The zero-order valence-electron chi connectivity index (χ0n) is 25.7. The minimum Gasteiger partial charge on any atom is -0.493 e. The van der Waals surface area contributed by atoms with E-state index in [1.54, 1.807) is 45.5 Å². The molecule has 3 atom stereocenters. The summed E-state index contributed by atoms with van der Waals surface area (Å²) >= 11 is 0. The quantitative estimate of drug-likeness (QED) is 0.379. The zero-order valence-corrected chi connectivity index (χ0v) is 25.7. The van der Waals surface area contributed by atoms with Crippen LogP contribution in [0.15, 0.2) is 42.5 Å². The zero-order chi connectivity index (χ0) is 31.4. The Hall–Kier alpha value is -4.28. The van der Waals surface area contributed by atoms with Crippen molar-refractivity contribution in [2.45, 2.75) is 58.0 Å². The first kappa shape index (κ1) is 33.2. The molecule has 11 heteroatoms. The second-order valence-corrected chi connectivity index (χ2v) is 10.7. The molecular formula is C32H44N4O7. The molecule has 0 unspecified atom stereocenters. The van der Waals surface area contributed by atoms with Gasteiger partial charge in [-0.2, -0.15) is 0 Å². The Morgan fingerprint density at radius 2 is 1.84 bits per heavy atom. The van der Waals surface area contributed by atoms with Gasteiger partial charge in [0.2, 0.25) is 17.7 Å². The number of hydrogen-bond donors (Lipinski definition) is 3. The number of aryl methyl sites for hydroxylation is 1. The van der Waals surface area contributed by atoms with Gasteiger partial charge in [-0.3, -0.25) is 19.2 Å². The number of para-hydroxylation sites is 1. The lowest BCUT2D eigenvalue weighted by Crippen LogP contribution is -2.52. The van der Waals surface area contributed by atoms with E-state index < -0.39 is 23.9 Å². The van der Waals surface area contributed by atoms with Crippen LogP contribution >= 0.6 is 0 Å². The molecule has 234 valence electrons. The van der Waals surface area contributed by atoms with Gasteiger partial charge in [-0.25, -0.2) is 0 Å². The van der Waals surface area contributed by atoms with Crippen LogP contribution in [0.1, 0.15) is 55.5 Å². The van der Waals surface area contributed by atoms with Crippen molar-refractivity contribution in [3.05, 3.63) is 53.6 Å². The first-order valence-corrected chi connectivity index (χ1v) is 14.7. The Bertz CT molecular complexity index is 1270. The van der Waals surface area contributed by atoms with Crippen LogP contribution in [0.5, 0.6) is 17.2 Å². The van der Waals surface area contributed by atoms with Gasteiger partial charge in [-0.05, 0) is 55.0 Å². The highest BCUT2D eigenvalue weighted by molar-refractivity contribution is 5.99. The summed E-state index contributed by atoms with van der Waals surface area (Å²) in [7, 11) is 4.82. The topological polar surface area (TPSA) is 135 Å². The predicted octanol–water partition coefficient (Wildman–Crippen LogP) is 2.71. The third kappa shape index (κ3) is 9.36. The Balaban J connectivity index is 1.74. The van der Waals surface area contributed by atoms with Crippen molar-refractivity contribution in [2.75, 3.05) is 41.0 Å².